The molecule has 1 aliphatic rings. The van der Waals surface area contributed by atoms with Gasteiger partial charge in [-0.15, -0.1) is 0 Å². The SMILES string of the molecule is COc1cc(NC(=O)Nc2cc(-c3ccccc3)nn2-c2nc3c(c(=O)[nH]2)CCCC3)cc(OC)c1. The van der Waals surface area contributed by atoms with E-state index in [9.17, 15) is 9.59 Å². The van der Waals surface area contributed by atoms with Crippen LogP contribution in [-0.4, -0.2) is 40.0 Å². The average molecular weight is 487 g/mol. The molecule has 5 rings (SSSR count). The van der Waals surface area contributed by atoms with Crippen LogP contribution >= 0.6 is 0 Å². The Labute approximate surface area is 207 Å². The number of fused-ring (bicyclic) bond motifs is 1. The maximum absolute atomic E-state index is 13.0. The van der Waals surface area contributed by atoms with Gasteiger partial charge in [-0.05, 0) is 25.7 Å². The fourth-order valence-electron chi connectivity index (χ4n) is 4.23. The molecule has 0 spiro atoms. The van der Waals surface area contributed by atoms with Crippen LogP contribution in [0.1, 0.15) is 24.1 Å². The van der Waals surface area contributed by atoms with Gasteiger partial charge in [-0.25, -0.2) is 9.78 Å². The zero-order chi connectivity index (χ0) is 25.1. The molecule has 0 aliphatic heterocycles. The first-order valence-electron chi connectivity index (χ1n) is 11.6. The van der Waals surface area contributed by atoms with Crippen LogP contribution in [0, 0.1) is 0 Å². The van der Waals surface area contributed by atoms with Gasteiger partial charge in [0.25, 0.3) is 5.56 Å². The van der Waals surface area contributed by atoms with Crippen LogP contribution < -0.4 is 25.7 Å². The second-order valence-corrected chi connectivity index (χ2v) is 8.40. The van der Waals surface area contributed by atoms with Gasteiger partial charge < -0.3 is 14.8 Å². The Balaban J connectivity index is 1.50. The molecule has 10 heteroatoms. The fraction of sp³-hybridized carbons (Fsp3) is 0.231. The number of aromatic amines is 1. The van der Waals surface area contributed by atoms with E-state index >= 15 is 0 Å². The van der Waals surface area contributed by atoms with Crippen molar-refractivity contribution in [1.29, 1.82) is 0 Å². The van der Waals surface area contributed by atoms with E-state index in [1.807, 2.05) is 30.3 Å². The quantitative estimate of drug-likeness (QED) is 0.376. The number of benzene rings is 2. The maximum Gasteiger partial charge on any atom is 0.324 e. The Bertz CT molecular complexity index is 1440. The topological polar surface area (TPSA) is 123 Å². The highest BCUT2D eigenvalue weighted by molar-refractivity contribution is 6.00. The largest absolute Gasteiger partial charge is 0.497 e. The third kappa shape index (κ3) is 4.78. The molecule has 2 aromatic heterocycles. The van der Waals surface area contributed by atoms with Gasteiger partial charge in [0.1, 0.15) is 17.3 Å². The van der Waals surface area contributed by atoms with E-state index < -0.39 is 6.03 Å². The van der Waals surface area contributed by atoms with Gasteiger partial charge in [0.2, 0.25) is 5.95 Å². The number of hydrogen-bond acceptors (Lipinski definition) is 6. The number of nitrogens with zero attached hydrogens (tertiary/aromatic N) is 3. The minimum atomic E-state index is -0.508. The Morgan fingerprint density at radius 2 is 1.69 bits per heavy atom. The number of urea groups is 1. The van der Waals surface area contributed by atoms with E-state index in [0.717, 1.165) is 36.1 Å². The zero-order valence-electron chi connectivity index (χ0n) is 20.0. The van der Waals surface area contributed by atoms with Crippen molar-refractivity contribution in [2.45, 2.75) is 25.7 Å². The van der Waals surface area contributed by atoms with Gasteiger partial charge in [-0.3, -0.25) is 15.1 Å². The molecule has 0 fully saturated rings. The van der Waals surface area contributed by atoms with Crippen molar-refractivity contribution < 1.29 is 14.3 Å². The van der Waals surface area contributed by atoms with Crippen molar-refractivity contribution in [3.05, 3.63) is 76.2 Å². The van der Waals surface area contributed by atoms with Crippen molar-refractivity contribution in [3.63, 3.8) is 0 Å². The van der Waals surface area contributed by atoms with Crippen LogP contribution in [0.2, 0.25) is 0 Å². The summed E-state index contributed by atoms with van der Waals surface area (Å²) in [6, 6.07) is 15.9. The van der Waals surface area contributed by atoms with Crippen LogP contribution in [0.3, 0.4) is 0 Å². The zero-order valence-corrected chi connectivity index (χ0v) is 20.0. The number of anilines is 2. The molecule has 10 nitrogen and oxygen atoms in total. The summed E-state index contributed by atoms with van der Waals surface area (Å²) < 4.78 is 12.0. The van der Waals surface area contributed by atoms with Gasteiger partial charge >= 0.3 is 6.03 Å². The Kier molecular flexibility index (Phi) is 6.40. The summed E-state index contributed by atoms with van der Waals surface area (Å²) in [7, 11) is 3.07. The lowest BCUT2D eigenvalue weighted by Gasteiger charge is -2.15. The van der Waals surface area contributed by atoms with Gasteiger partial charge in [-0.2, -0.15) is 9.78 Å². The van der Waals surface area contributed by atoms with E-state index in [-0.39, 0.29) is 11.5 Å². The molecule has 4 aromatic rings. The highest BCUT2D eigenvalue weighted by Crippen LogP contribution is 2.27. The van der Waals surface area contributed by atoms with Crippen LogP contribution in [-0.2, 0) is 12.8 Å². The summed E-state index contributed by atoms with van der Waals surface area (Å²) in [5.74, 6) is 1.68. The first kappa shape index (κ1) is 23.2. The number of ether oxygens (including phenoxy) is 2. The van der Waals surface area contributed by atoms with E-state index in [1.165, 1.54) is 18.9 Å². The van der Waals surface area contributed by atoms with E-state index in [4.69, 9.17) is 9.47 Å². The van der Waals surface area contributed by atoms with Crippen LogP contribution in [0.5, 0.6) is 11.5 Å². The fourth-order valence-corrected chi connectivity index (χ4v) is 4.23. The summed E-state index contributed by atoms with van der Waals surface area (Å²) in [4.78, 5) is 33.3. The van der Waals surface area contributed by atoms with Crippen molar-refractivity contribution >= 4 is 17.5 Å². The Morgan fingerprint density at radius 3 is 2.42 bits per heavy atom. The molecular formula is C26H26N6O4. The predicted molar refractivity (Wildman–Crippen MR) is 136 cm³/mol. The molecule has 0 saturated carbocycles. The van der Waals surface area contributed by atoms with Crippen molar-refractivity contribution in [3.8, 4) is 28.7 Å². The Morgan fingerprint density at radius 1 is 0.972 bits per heavy atom. The van der Waals surface area contributed by atoms with Gasteiger partial charge in [-0.1, -0.05) is 30.3 Å². The second-order valence-electron chi connectivity index (χ2n) is 8.40. The molecule has 0 bridgehead atoms. The lowest BCUT2D eigenvalue weighted by atomic mass is 9.97. The Hall–Kier alpha value is -4.60. The highest BCUT2D eigenvalue weighted by atomic mass is 16.5. The van der Waals surface area contributed by atoms with E-state index in [2.05, 4.69) is 25.7 Å². The number of aromatic nitrogens is 4. The summed E-state index contributed by atoms with van der Waals surface area (Å²) in [5, 5.41) is 10.3. The minimum Gasteiger partial charge on any atom is -0.497 e. The normalized spacial score (nSPS) is 12.5. The standard InChI is InChI=1S/C26H26N6O4/c1-35-18-12-17(13-19(14-18)36-2)27-26(34)29-23-15-22(16-8-4-3-5-9-16)31-32(23)25-28-21-11-7-6-10-20(21)24(33)30-25/h3-5,8-9,12-15H,6-7,10-11H2,1-2H3,(H2,27,29,34)(H,28,30,33). The predicted octanol–water partition coefficient (Wildman–Crippen LogP) is 4.16. The number of H-pyrrole nitrogens is 1. The third-order valence-electron chi connectivity index (χ3n) is 6.01. The summed E-state index contributed by atoms with van der Waals surface area (Å²) in [5.41, 5.74) is 3.28. The number of carbonyl (C=O) groups excluding carboxylic acids is 1. The first-order chi connectivity index (χ1) is 17.5. The van der Waals surface area contributed by atoms with Crippen LogP contribution in [0.15, 0.2) is 59.4 Å². The highest BCUT2D eigenvalue weighted by Gasteiger charge is 2.20. The van der Waals surface area contributed by atoms with E-state index in [1.54, 1.807) is 24.3 Å². The number of rotatable bonds is 6. The first-order valence-corrected chi connectivity index (χ1v) is 11.6. The second kappa shape index (κ2) is 9.95. The third-order valence-corrected chi connectivity index (χ3v) is 6.01. The van der Waals surface area contributed by atoms with Crippen LogP contribution in [0.25, 0.3) is 17.2 Å². The summed E-state index contributed by atoms with van der Waals surface area (Å²) >= 11 is 0. The molecule has 0 atom stereocenters. The summed E-state index contributed by atoms with van der Waals surface area (Å²) in [6.07, 6.45) is 3.40. The van der Waals surface area contributed by atoms with E-state index in [0.29, 0.717) is 35.1 Å². The van der Waals surface area contributed by atoms with Crippen molar-refractivity contribution in [1.82, 2.24) is 19.7 Å². The monoisotopic (exact) mass is 486 g/mol. The molecule has 3 N–H and O–H groups in total. The summed E-state index contributed by atoms with van der Waals surface area (Å²) in [6.45, 7) is 0. The number of nitrogens with one attached hydrogen (secondary N) is 3. The number of hydrogen-bond donors (Lipinski definition) is 3. The maximum atomic E-state index is 13.0. The molecule has 2 heterocycles. The molecule has 184 valence electrons. The molecule has 0 radical (unpaired) electrons. The number of aryl methyl sites for hydroxylation is 1. The van der Waals surface area contributed by atoms with Crippen molar-refractivity contribution in [2.75, 3.05) is 24.9 Å². The molecular weight excluding hydrogens is 460 g/mol. The molecule has 0 unspecified atom stereocenters. The lowest BCUT2D eigenvalue weighted by molar-refractivity contribution is 0.262. The molecule has 36 heavy (non-hydrogen) atoms. The number of methoxy groups -OCH3 is 2. The average Bonchev–Trinajstić information content (AvgIpc) is 3.32. The number of amides is 2. The molecule has 1 aliphatic carbocycles. The van der Waals surface area contributed by atoms with Gasteiger partial charge in [0, 0.05) is 41.1 Å². The van der Waals surface area contributed by atoms with Gasteiger partial charge in [0.05, 0.1) is 25.6 Å². The molecule has 0 saturated heterocycles. The molecule has 2 aromatic carbocycles. The smallest absolute Gasteiger partial charge is 0.324 e. The lowest BCUT2D eigenvalue weighted by Crippen LogP contribution is -2.25. The minimum absolute atomic E-state index is 0.176. The van der Waals surface area contributed by atoms with Crippen LogP contribution in [0.4, 0.5) is 16.3 Å². The van der Waals surface area contributed by atoms with Crippen molar-refractivity contribution in [2.24, 2.45) is 0 Å². The number of carbonyl (C=O) groups is 1. The molecule has 2 amide bonds. The van der Waals surface area contributed by atoms with Gasteiger partial charge in [0.15, 0.2) is 0 Å².